The van der Waals surface area contributed by atoms with Crippen LogP contribution in [0.5, 0.6) is 0 Å². The van der Waals surface area contributed by atoms with E-state index in [1.165, 1.54) is 11.3 Å². The summed E-state index contributed by atoms with van der Waals surface area (Å²) in [5, 5.41) is 10.2. The molecule has 25 heavy (non-hydrogen) atoms. The second-order valence-corrected chi connectivity index (χ2v) is 8.61. The summed E-state index contributed by atoms with van der Waals surface area (Å²) >= 11 is 3.02. The number of thiophene rings is 1. The van der Waals surface area contributed by atoms with E-state index in [1.54, 1.807) is 23.2 Å². The summed E-state index contributed by atoms with van der Waals surface area (Å²) in [5.74, 6) is -0.938. The molecular formula is C18H16N2O3S2. The van der Waals surface area contributed by atoms with Crippen molar-refractivity contribution in [2.45, 2.75) is 13.3 Å². The first-order valence-corrected chi connectivity index (χ1v) is 9.58. The van der Waals surface area contributed by atoms with E-state index < -0.39 is 11.4 Å². The summed E-state index contributed by atoms with van der Waals surface area (Å²) < 4.78 is 1.12. The molecule has 1 aliphatic heterocycles. The van der Waals surface area contributed by atoms with E-state index >= 15 is 0 Å². The molecule has 1 aromatic carbocycles. The molecule has 1 fully saturated rings. The molecule has 0 bridgehead atoms. The number of carboxylic acid groups (broad SMARTS) is 1. The van der Waals surface area contributed by atoms with Crippen molar-refractivity contribution in [1.29, 1.82) is 0 Å². The zero-order valence-corrected chi connectivity index (χ0v) is 15.2. The minimum Gasteiger partial charge on any atom is -0.481 e. The lowest BCUT2D eigenvalue weighted by Gasteiger charge is -2.19. The molecule has 0 radical (unpaired) electrons. The molecule has 1 amide bonds. The van der Waals surface area contributed by atoms with Gasteiger partial charge in [-0.15, -0.1) is 22.7 Å². The van der Waals surface area contributed by atoms with E-state index in [0.29, 0.717) is 17.8 Å². The van der Waals surface area contributed by atoms with Gasteiger partial charge in [0.05, 0.1) is 25.4 Å². The van der Waals surface area contributed by atoms with Crippen LogP contribution in [0.4, 0.5) is 0 Å². The Balaban J connectivity index is 1.57. The summed E-state index contributed by atoms with van der Waals surface area (Å²) in [6, 6.07) is 11.7. The Labute approximate surface area is 152 Å². The molecule has 5 nitrogen and oxygen atoms in total. The van der Waals surface area contributed by atoms with Crippen LogP contribution in [0.3, 0.4) is 0 Å². The lowest BCUT2D eigenvalue weighted by Crippen LogP contribution is -2.34. The molecular weight excluding hydrogens is 356 g/mol. The molecule has 1 atom stereocenters. The number of benzene rings is 1. The first kappa shape index (κ1) is 16.2. The Morgan fingerprint density at radius 3 is 2.72 bits per heavy atom. The predicted molar refractivity (Wildman–Crippen MR) is 99.2 cm³/mol. The van der Waals surface area contributed by atoms with E-state index in [0.717, 1.165) is 20.1 Å². The number of thiazole rings is 1. The average Bonchev–Trinajstić information content (AvgIpc) is 3.31. The lowest BCUT2D eigenvalue weighted by molar-refractivity contribution is -0.147. The number of hydrogen-bond acceptors (Lipinski definition) is 5. The standard InChI is InChI=1S/C18H16N2O3S2/c1-18(17(22)23)8-9-20(10-18)16(21)14-7-6-13(24-14)15-19-11-4-2-3-5-12(11)25-15/h2-7H,8-10H2,1H3,(H,22,23). The number of carbonyl (C=O) groups excluding carboxylic acids is 1. The van der Waals surface area contributed by atoms with Gasteiger partial charge in [0.15, 0.2) is 0 Å². The van der Waals surface area contributed by atoms with Crippen molar-refractivity contribution in [2.24, 2.45) is 5.41 Å². The molecule has 0 saturated carbocycles. The average molecular weight is 372 g/mol. The van der Waals surface area contributed by atoms with Gasteiger partial charge >= 0.3 is 5.97 Å². The highest BCUT2D eigenvalue weighted by molar-refractivity contribution is 7.26. The number of rotatable bonds is 3. The summed E-state index contributed by atoms with van der Waals surface area (Å²) in [4.78, 5) is 31.9. The van der Waals surface area contributed by atoms with Gasteiger partial charge in [-0.2, -0.15) is 0 Å². The Morgan fingerprint density at radius 1 is 1.20 bits per heavy atom. The molecule has 0 aliphatic carbocycles. The van der Waals surface area contributed by atoms with Crippen molar-refractivity contribution < 1.29 is 14.7 Å². The van der Waals surface area contributed by atoms with Gasteiger partial charge < -0.3 is 10.0 Å². The molecule has 1 aliphatic rings. The molecule has 2 aromatic heterocycles. The van der Waals surface area contributed by atoms with Gasteiger partial charge in [0.1, 0.15) is 5.01 Å². The predicted octanol–water partition coefficient (Wildman–Crippen LogP) is 3.96. The fourth-order valence-electron chi connectivity index (χ4n) is 3.01. The SMILES string of the molecule is CC1(C(=O)O)CCN(C(=O)c2ccc(-c3nc4ccccc4s3)s2)C1. The van der Waals surface area contributed by atoms with Crippen LogP contribution in [0, 0.1) is 5.41 Å². The maximum atomic E-state index is 12.7. The second kappa shape index (κ2) is 5.93. The zero-order valence-electron chi connectivity index (χ0n) is 13.6. The van der Waals surface area contributed by atoms with Crippen molar-refractivity contribution in [3.63, 3.8) is 0 Å². The number of amides is 1. The Bertz CT molecular complexity index is 945. The van der Waals surface area contributed by atoms with Crippen LogP contribution in [0.15, 0.2) is 36.4 Å². The maximum absolute atomic E-state index is 12.7. The van der Waals surface area contributed by atoms with E-state index in [2.05, 4.69) is 4.98 Å². The number of nitrogens with zero attached hydrogens (tertiary/aromatic N) is 2. The van der Waals surface area contributed by atoms with E-state index in [-0.39, 0.29) is 12.5 Å². The third-order valence-corrected chi connectivity index (χ3v) is 6.88. The van der Waals surface area contributed by atoms with Crippen LogP contribution in [0.1, 0.15) is 23.0 Å². The molecule has 1 unspecified atom stereocenters. The van der Waals surface area contributed by atoms with Crippen LogP contribution >= 0.6 is 22.7 Å². The number of likely N-dealkylation sites (tertiary alicyclic amines) is 1. The Hall–Kier alpha value is -2.25. The smallest absolute Gasteiger partial charge is 0.311 e. The minimum atomic E-state index is -0.844. The third-order valence-electron chi connectivity index (χ3n) is 4.60. The largest absolute Gasteiger partial charge is 0.481 e. The highest BCUT2D eigenvalue weighted by Gasteiger charge is 2.42. The van der Waals surface area contributed by atoms with Gasteiger partial charge in [-0.1, -0.05) is 12.1 Å². The van der Waals surface area contributed by atoms with Gasteiger partial charge in [-0.05, 0) is 37.6 Å². The van der Waals surface area contributed by atoms with Gasteiger partial charge in [-0.3, -0.25) is 9.59 Å². The number of hydrogen-bond donors (Lipinski definition) is 1. The molecule has 1 N–H and O–H groups in total. The highest BCUT2D eigenvalue weighted by Crippen LogP contribution is 2.36. The minimum absolute atomic E-state index is 0.0951. The number of para-hydroxylation sites is 1. The quantitative estimate of drug-likeness (QED) is 0.755. The maximum Gasteiger partial charge on any atom is 0.311 e. The van der Waals surface area contributed by atoms with Crippen molar-refractivity contribution >= 4 is 44.8 Å². The normalized spacial score (nSPS) is 20.3. The number of fused-ring (bicyclic) bond motifs is 1. The summed E-state index contributed by atoms with van der Waals surface area (Å²) in [7, 11) is 0. The molecule has 1 saturated heterocycles. The number of carbonyl (C=O) groups is 2. The van der Waals surface area contributed by atoms with Crippen LogP contribution in [-0.2, 0) is 4.79 Å². The molecule has 128 valence electrons. The first-order valence-electron chi connectivity index (χ1n) is 7.95. The Morgan fingerprint density at radius 2 is 2.00 bits per heavy atom. The first-order chi connectivity index (χ1) is 12.0. The molecule has 7 heteroatoms. The highest BCUT2D eigenvalue weighted by atomic mass is 32.1. The molecule has 0 spiro atoms. The topological polar surface area (TPSA) is 70.5 Å². The number of aliphatic carboxylic acids is 1. The fourth-order valence-corrected chi connectivity index (χ4v) is 5.00. The van der Waals surface area contributed by atoms with Crippen molar-refractivity contribution in [3.05, 3.63) is 41.3 Å². The van der Waals surface area contributed by atoms with Crippen LogP contribution in [0.2, 0.25) is 0 Å². The summed E-state index contributed by atoms with van der Waals surface area (Å²) in [6.45, 7) is 2.44. The second-order valence-electron chi connectivity index (χ2n) is 6.49. The lowest BCUT2D eigenvalue weighted by atomic mass is 9.90. The van der Waals surface area contributed by atoms with Gasteiger partial charge in [0, 0.05) is 13.1 Å². The van der Waals surface area contributed by atoms with Crippen molar-refractivity contribution in [2.75, 3.05) is 13.1 Å². The number of aromatic nitrogens is 1. The molecule has 4 rings (SSSR count). The summed E-state index contributed by atoms with van der Waals surface area (Å²) in [6.07, 6.45) is 0.490. The number of carboxylic acids is 1. The van der Waals surface area contributed by atoms with Gasteiger partial charge in [-0.25, -0.2) is 4.98 Å². The van der Waals surface area contributed by atoms with Crippen LogP contribution in [-0.4, -0.2) is 40.0 Å². The van der Waals surface area contributed by atoms with Crippen molar-refractivity contribution in [3.8, 4) is 9.88 Å². The van der Waals surface area contributed by atoms with E-state index in [1.807, 2.05) is 36.4 Å². The molecule has 3 heterocycles. The van der Waals surface area contributed by atoms with Crippen molar-refractivity contribution in [1.82, 2.24) is 9.88 Å². The third kappa shape index (κ3) is 2.83. The van der Waals surface area contributed by atoms with E-state index in [4.69, 9.17) is 0 Å². The van der Waals surface area contributed by atoms with Gasteiger partial charge in [0.2, 0.25) is 0 Å². The van der Waals surface area contributed by atoms with Crippen LogP contribution in [0.25, 0.3) is 20.1 Å². The Kier molecular flexibility index (Phi) is 3.85. The summed E-state index contributed by atoms with van der Waals surface area (Å²) in [5.41, 5.74) is 0.114. The zero-order chi connectivity index (χ0) is 17.6. The van der Waals surface area contributed by atoms with Gasteiger partial charge in [0.25, 0.3) is 5.91 Å². The van der Waals surface area contributed by atoms with E-state index in [9.17, 15) is 14.7 Å². The monoisotopic (exact) mass is 372 g/mol. The van der Waals surface area contributed by atoms with Crippen LogP contribution < -0.4 is 0 Å². The fraction of sp³-hybridized carbons (Fsp3) is 0.278. The molecule has 3 aromatic rings.